The van der Waals surface area contributed by atoms with Crippen molar-refractivity contribution in [2.45, 2.75) is 13.0 Å². The van der Waals surface area contributed by atoms with E-state index in [0.29, 0.717) is 5.56 Å². The lowest BCUT2D eigenvalue weighted by molar-refractivity contribution is 0.600. The molecule has 1 aromatic heterocycles. The fourth-order valence-electron chi connectivity index (χ4n) is 1.55. The fourth-order valence-corrected chi connectivity index (χ4v) is 2.99. The molecule has 16 heavy (non-hydrogen) atoms. The van der Waals surface area contributed by atoms with Gasteiger partial charge in [-0.1, -0.05) is 17.7 Å². The van der Waals surface area contributed by atoms with Gasteiger partial charge in [-0.3, -0.25) is 0 Å². The van der Waals surface area contributed by atoms with Gasteiger partial charge in [-0.25, -0.2) is 4.39 Å². The number of halogens is 2. The molecule has 84 valence electrons. The van der Waals surface area contributed by atoms with Crippen LogP contribution in [0.4, 0.5) is 4.39 Å². The van der Waals surface area contributed by atoms with Crippen molar-refractivity contribution < 1.29 is 4.39 Å². The summed E-state index contributed by atoms with van der Waals surface area (Å²) in [7, 11) is 0. The highest BCUT2D eigenvalue weighted by Gasteiger charge is 2.15. The van der Waals surface area contributed by atoms with E-state index in [-0.39, 0.29) is 5.82 Å². The fraction of sp³-hybridized carbons (Fsp3) is 0.167. The minimum absolute atomic E-state index is 0.248. The molecule has 1 aromatic carbocycles. The van der Waals surface area contributed by atoms with Crippen LogP contribution >= 0.6 is 27.3 Å². The summed E-state index contributed by atoms with van der Waals surface area (Å²) in [5, 5.41) is 0. The van der Waals surface area contributed by atoms with Crippen molar-refractivity contribution in [3.05, 3.63) is 55.9 Å². The zero-order chi connectivity index (χ0) is 11.7. The second-order valence-corrected chi connectivity index (χ2v) is 6.14. The average molecular weight is 300 g/mol. The van der Waals surface area contributed by atoms with Crippen molar-refractivity contribution in [3.8, 4) is 0 Å². The lowest BCUT2D eigenvalue weighted by Crippen LogP contribution is -2.12. The molecule has 2 aromatic rings. The molecular weight excluding hydrogens is 289 g/mol. The zero-order valence-electron chi connectivity index (χ0n) is 8.71. The summed E-state index contributed by atoms with van der Waals surface area (Å²) in [5.41, 5.74) is 7.62. The van der Waals surface area contributed by atoms with E-state index in [1.54, 1.807) is 12.1 Å². The van der Waals surface area contributed by atoms with Gasteiger partial charge in [0.25, 0.3) is 0 Å². The van der Waals surface area contributed by atoms with Gasteiger partial charge in [0.1, 0.15) is 5.82 Å². The van der Waals surface area contributed by atoms with Gasteiger partial charge >= 0.3 is 0 Å². The molecule has 0 aliphatic rings. The Hall–Kier alpha value is -0.710. The first-order valence-electron chi connectivity index (χ1n) is 4.85. The van der Waals surface area contributed by atoms with Crippen LogP contribution in [-0.2, 0) is 0 Å². The third-order valence-corrected chi connectivity index (χ3v) is 4.09. The quantitative estimate of drug-likeness (QED) is 0.891. The molecule has 1 heterocycles. The van der Waals surface area contributed by atoms with Gasteiger partial charge in [0.05, 0.1) is 9.83 Å². The standard InChI is InChI=1S/C12H11BrFNS/c1-7-2-3-9(14)8(6-7)12(15)10-4-5-11(13)16-10/h2-6,12H,15H2,1H3. The Bertz CT molecular complexity index is 509. The molecule has 0 aliphatic heterocycles. The summed E-state index contributed by atoms with van der Waals surface area (Å²) in [4.78, 5) is 0.955. The summed E-state index contributed by atoms with van der Waals surface area (Å²) >= 11 is 4.91. The lowest BCUT2D eigenvalue weighted by atomic mass is 10.0. The normalized spacial score (nSPS) is 12.8. The maximum Gasteiger partial charge on any atom is 0.128 e. The SMILES string of the molecule is Cc1ccc(F)c(C(N)c2ccc(Br)s2)c1. The van der Waals surface area contributed by atoms with E-state index in [1.807, 2.05) is 19.1 Å². The molecule has 4 heteroatoms. The highest BCUT2D eigenvalue weighted by Crippen LogP contribution is 2.31. The lowest BCUT2D eigenvalue weighted by Gasteiger charge is -2.11. The Balaban J connectivity index is 2.40. The first-order valence-corrected chi connectivity index (χ1v) is 6.46. The Morgan fingerprint density at radius 2 is 2.06 bits per heavy atom. The molecular formula is C12H11BrFNS. The summed E-state index contributed by atoms with van der Waals surface area (Å²) in [6, 6.07) is 8.46. The maximum atomic E-state index is 13.6. The molecule has 2 rings (SSSR count). The first kappa shape index (κ1) is 11.8. The number of thiophene rings is 1. The first-order chi connectivity index (χ1) is 7.58. The summed E-state index contributed by atoms with van der Waals surface area (Å²) in [6.45, 7) is 1.93. The molecule has 1 unspecified atom stereocenters. The minimum Gasteiger partial charge on any atom is -0.320 e. The van der Waals surface area contributed by atoms with Gasteiger partial charge in [-0.05, 0) is 41.1 Å². The number of aryl methyl sites for hydroxylation is 1. The number of hydrogen-bond acceptors (Lipinski definition) is 2. The smallest absolute Gasteiger partial charge is 0.128 e. The molecule has 0 saturated heterocycles. The van der Waals surface area contributed by atoms with E-state index in [4.69, 9.17) is 5.73 Å². The third kappa shape index (κ3) is 2.34. The molecule has 0 radical (unpaired) electrons. The predicted octanol–water partition coefficient (Wildman–Crippen LogP) is 4.01. The molecule has 1 nitrogen and oxygen atoms in total. The van der Waals surface area contributed by atoms with Crippen LogP contribution in [0.5, 0.6) is 0 Å². The van der Waals surface area contributed by atoms with Crippen molar-refractivity contribution >= 4 is 27.3 Å². The van der Waals surface area contributed by atoms with Gasteiger partial charge in [-0.15, -0.1) is 11.3 Å². The Morgan fingerprint density at radius 3 is 2.69 bits per heavy atom. The molecule has 0 fully saturated rings. The van der Waals surface area contributed by atoms with E-state index in [9.17, 15) is 4.39 Å². The second kappa shape index (κ2) is 4.65. The van der Waals surface area contributed by atoms with Crippen LogP contribution in [0.15, 0.2) is 34.1 Å². The van der Waals surface area contributed by atoms with Gasteiger partial charge in [-0.2, -0.15) is 0 Å². The number of benzene rings is 1. The number of nitrogens with two attached hydrogens (primary N) is 1. The van der Waals surface area contributed by atoms with Crippen LogP contribution in [0.25, 0.3) is 0 Å². The maximum absolute atomic E-state index is 13.6. The second-order valence-electron chi connectivity index (χ2n) is 3.64. The van der Waals surface area contributed by atoms with E-state index < -0.39 is 6.04 Å². The third-order valence-electron chi connectivity index (χ3n) is 2.39. The van der Waals surface area contributed by atoms with Gasteiger partial charge in [0.2, 0.25) is 0 Å². The number of hydrogen-bond donors (Lipinski definition) is 1. The van der Waals surface area contributed by atoms with Crippen LogP contribution in [-0.4, -0.2) is 0 Å². The van der Waals surface area contributed by atoms with E-state index in [0.717, 1.165) is 14.2 Å². The van der Waals surface area contributed by atoms with Crippen molar-refractivity contribution in [2.24, 2.45) is 5.73 Å². The van der Waals surface area contributed by atoms with Crippen LogP contribution in [0.1, 0.15) is 22.0 Å². The molecule has 0 saturated carbocycles. The monoisotopic (exact) mass is 299 g/mol. The van der Waals surface area contributed by atoms with Gasteiger partial charge in [0.15, 0.2) is 0 Å². The van der Waals surface area contributed by atoms with Gasteiger partial charge < -0.3 is 5.73 Å². The molecule has 2 N–H and O–H groups in total. The molecule has 0 amide bonds. The van der Waals surface area contributed by atoms with Crippen molar-refractivity contribution in [2.75, 3.05) is 0 Å². The van der Waals surface area contributed by atoms with Crippen LogP contribution < -0.4 is 5.73 Å². The zero-order valence-corrected chi connectivity index (χ0v) is 11.1. The largest absolute Gasteiger partial charge is 0.320 e. The van der Waals surface area contributed by atoms with Crippen molar-refractivity contribution in [1.29, 1.82) is 0 Å². The van der Waals surface area contributed by atoms with E-state index in [1.165, 1.54) is 17.4 Å². The van der Waals surface area contributed by atoms with E-state index in [2.05, 4.69) is 15.9 Å². The predicted molar refractivity (Wildman–Crippen MR) is 69.2 cm³/mol. The van der Waals surface area contributed by atoms with Crippen molar-refractivity contribution in [1.82, 2.24) is 0 Å². The molecule has 0 spiro atoms. The topological polar surface area (TPSA) is 26.0 Å². The van der Waals surface area contributed by atoms with Crippen LogP contribution in [0, 0.1) is 12.7 Å². The molecule has 0 aliphatic carbocycles. The average Bonchev–Trinajstić information content (AvgIpc) is 2.67. The highest BCUT2D eigenvalue weighted by atomic mass is 79.9. The highest BCUT2D eigenvalue weighted by molar-refractivity contribution is 9.11. The summed E-state index contributed by atoms with van der Waals surface area (Å²) < 4.78 is 14.6. The Kier molecular flexibility index (Phi) is 3.42. The van der Waals surface area contributed by atoms with Gasteiger partial charge in [0, 0.05) is 10.4 Å². The Morgan fingerprint density at radius 1 is 1.31 bits per heavy atom. The summed E-state index contributed by atoms with van der Waals surface area (Å²) in [5.74, 6) is -0.248. The number of rotatable bonds is 2. The van der Waals surface area contributed by atoms with Crippen LogP contribution in [0.3, 0.4) is 0 Å². The minimum atomic E-state index is -0.392. The van der Waals surface area contributed by atoms with E-state index >= 15 is 0 Å². The Labute approximate surface area is 106 Å². The summed E-state index contributed by atoms with van der Waals surface area (Å²) in [6.07, 6.45) is 0. The van der Waals surface area contributed by atoms with Crippen molar-refractivity contribution in [3.63, 3.8) is 0 Å². The van der Waals surface area contributed by atoms with Crippen LogP contribution in [0.2, 0.25) is 0 Å². The molecule has 1 atom stereocenters. The molecule has 0 bridgehead atoms.